The van der Waals surface area contributed by atoms with Gasteiger partial charge in [-0.15, -0.1) is 0 Å². The smallest absolute Gasteiger partial charge is 0.462 e. The van der Waals surface area contributed by atoms with Crippen molar-refractivity contribution >= 4 is 39.5 Å². The van der Waals surface area contributed by atoms with E-state index in [0.717, 1.165) is 108 Å². The fraction of sp³-hybridized carbons (Fsp3) is 0.949. The molecule has 3 N–H and O–H groups in total. The first-order chi connectivity index (χ1) is 47.2. The Hall–Kier alpha value is -1.94. The first-order valence-electron chi connectivity index (χ1n) is 40.8. The molecule has 0 aromatic carbocycles. The van der Waals surface area contributed by atoms with Gasteiger partial charge in [-0.05, 0) is 43.4 Å². The van der Waals surface area contributed by atoms with Crippen LogP contribution in [0, 0.1) is 17.8 Å². The Morgan fingerprint density at radius 3 is 0.694 bits per heavy atom. The summed E-state index contributed by atoms with van der Waals surface area (Å²) in [7, 11) is -9.91. The van der Waals surface area contributed by atoms with E-state index in [0.29, 0.717) is 25.7 Å². The molecule has 2 unspecified atom stereocenters. The molecule has 0 aliphatic rings. The number of esters is 4. The predicted octanol–water partition coefficient (Wildman–Crippen LogP) is 23.4. The van der Waals surface area contributed by atoms with Gasteiger partial charge < -0.3 is 33.8 Å². The Morgan fingerprint density at radius 1 is 0.276 bits per heavy atom. The Labute approximate surface area is 600 Å². The Bertz CT molecular complexity index is 1900. The van der Waals surface area contributed by atoms with Crippen LogP contribution in [-0.2, 0) is 65.4 Å². The zero-order chi connectivity index (χ0) is 72.3. The molecule has 0 bridgehead atoms. The quantitative estimate of drug-likeness (QED) is 0.0222. The van der Waals surface area contributed by atoms with Crippen molar-refractivity contribution in [1.82, 2.24) is 0 Å². The number of carbonyl (C=O) groups excluding carboxylic acids is 4. The van der Waals surface area contributed by atoms with Crippen LogP contribution in [0.1, 0.15) is 408 Å². The number of carbonyl (C=O) groups is 4. The van der Waals surface area contributed by atoms with Gasteiger partial charge in [-0.3, -0.25) is 37.3 Å². The molecular formula is C79H154O17P2. The van der Waals surface area contributed by atoms with Gasteiger partial charge in [0.1, 0.15) is 19.3 Å². The SMILES string of the molecule is CCCCCCCCCCCCC(=O)OC[C@H](COP(=O)(O)OC[C@H](O)COP(=O)(O)OC[C@@H](COC(=O)CCCCCCCCCCCCCCC(C)C)OC(=O)CCCCCCCCCCCCCCCCCCCCC(C)C)OC(=O)CCCCCCCCCCCC(C)C. The lowest BCUT2D eigenvalue weighted by atomic mass is 10.0. The lowest BCUT2D eigenvalue weighted by Crippen LogP contribution is -2.30. The second-order valence-electron chi connectivity index (χ2n) is 29.9. The van der Waals surface area contributed by atoms with Crippen molar-refractivity contribution in [2.45, 2.75) is 426 Å². The lowest BCUT2D eigenvalue weighted by Gasteiger charge is -2.21. The summed E-state index contributed by atoms with van der Waals surface area (Å²) in [5, 5.41) is 10.6. The van der Waals surface area contributed by atoms with Gasteiger partial charge >= 0.3 is 39.5 Å². The minimum absolute atomic E-state index is 0.105. The molecule has 0 aliphatic heterocycles. The molecule has 0 aliphatic carbocycles. The van der Waals surface area contributed by atoms with E-state index in [1.165, 1.54) is 218 Å². The van der Waals surface area contributed by atoms with Crippen LogP contribution in [0.2, 0.25) is 0 Å². The van der Waals surface area contributed by atoms with E-state index in [1.807, 2.05) is 0 Å². The van der Waals surface area contributed by atoms with Gasteiger partial charge in [0.25, 0.3) is 0 Å². The molecule has 0 spiro atoms. The van der Waals surface area contributed by atoms with Crippen molar-refractivity contribution in [1.29, 1.82) is 0 Å². The van der Waals surface area contributed by atoms with Crippen LogP contribution in [0.25, 0.3) is 0 Å². The molecule has 0 heterocycles. The molecule has 0 amide bonds. The summed E-state index contributed by atoms with van der Waals surface area (Å²) in [5.41, 5.74) is 0. The standard InChI is InChI=1S/C79H154O17P2/c1-8-9-10-11-12-13-32-39-46-53-60-76(81)89-66-75(96-79(84)63-56-49-42-35-28-31-38-45-52-59-72(6)7)69-94-98(87,88)92-65-73(80)64-91-97(85,86)93-68-74(67-90-77(82)61-54-47-40-33-26-23-22-25-30-37-44-51-58-71(4)5)95-78(83)62-55-48-41-34-27-21-19-17-15-14-16-18-20-24-29-36-43-50-57-70(2)3/h70-75,80H,8-69H2,1-7H3,(H,85,86)(H,87,88)/t73-,74-,75-/m1/s1. The highest BCUT2D eigenvalue weighted by Gasteiger charge is 2.30. The first kappa shape index (κ1) is 96.1. The number of ether oxygens (including phenoxy) is 4. The summed E-state index contributed by atoms with van der Waals surface area (Å²) >= 11 is 0. The molecule has 0 radical (unpaired) electrons. The molecule has 17 nitrogen and oxygen atoms in total. The number of hydrogen-bond acceptors (Lipinski definition) is 15. The van der Waals surface area contributed by atoms with Crippen molar-refractivity contribution in [2.24, 2.45) is 17.8 Å². The summed E-state index contributed by atoms with van der Waals surface area (Å²) in [6, 6.07) is 0. The fourth-order valence-electron chi connectivity index (χ4n) is 12.1. The molecule has 5 atom stereocenters. The molecule has 0 aromatic heterocycles. The summed E-state index contributed by atoms with van der Waals surface area (Å²) in [5.74, 6) is 0.224. The van der Waals surface area contributed by atoms with Gasteiger partial charge in [0.2, 0.25) is 0 Å². The topological polar surface area (TPSA) is 237 Å². The fourth-order valence-corrected chi connectivity index (χ4v) is 13.7. The largest absolute Gasteiger partial charge is 0.472 e. The monoisotopic (exact) mass is 1440 g/mol. The van der Waals surface area contributed by atoms with E-state index in [-0.39, 0.29) is 25.7 Å². The summed E-state index contributed by atoms with van der Waals surface area (Å²) in [6.07, 6.45) is 56.9. The average Bonchev–Trinajstić information content (AvgIpc) is 1.06. The van der Waals surface area contributed by atoms with Crippen molar-refractivity contribution in [2.75, 3.05) is 39.6 Å². The highest BCUT2D eigenvalue weighted by molar-refractivity contribution is 7.47. The average molecular weight is 1440 g/mol. The maximum atomic E-state index is 13.1. The molecule has 0 saturated carbocycles. The summed E-state index contributed by atoms with van der Waals surface area (Å²) in [4.78, 5) is 72.9. The number of aliphatic hydroxyl groups excluding tert-OH is 1. The Morgan fingerprint density at radius 2 is 0.469 bits per heavy atom. The minimum atomic E-state index is -4.96. The van der Waals surface area contributed by atoms with Gasteiger partial charge in [0.05, 0.1) is 26.4 Å². The third kappa shape index (κ3) is 72.4. The summed E-state index contributed by atoms with van der Waals surface area (Å²) in [6.45, 7) is 11.9. The number of unbranched alkanes of at least 4 members (excludes halogenated alkanes) is 45. The summed E-state index contributed by atoms with van der Waals surface area (Å²) < 4.78 is 68.6. The van der Waals surface area contributed by atoms with Crippen LogP contribution >= 0.6 is 15.6 Å². The number of phosphoric acid groups is 2. The van der Waals surface area contributed by atoms with Crippen molar-refractivity contribution in [3.63, 3.8) is 0 Å². The van der Waals surface area contributed by atoms with Crippen LogP contribution in [0.15, 0.2) is 0 Å². The Kier molecular flexibility index (Phi) is 68.1. The Balaban J connectivity index is 5.21. The van der Waals surface area contributed by atoms with E-state index in [4.69, 9.17) is 37.0 Å². The zero-order valence-electron chi connectivity index (χ0n) is 64.3. The predicted molar refractivity (Wildman–Crippen MR) is 400 cm³/mol. The van der Waals surface area contributed by atoms with Gasteiger partial charge in [0.15, 0.2) is 12.2 Å². The van der Waals surface area contributed by atoms with Crippen LogP contribution in [0.4, 0.5) is 0 Å². The third-order valence-electron chi connectivity index (χ3n) is 18.4. The highest BCUT2D eigenvalue weighted by atomic mass is 31.2. The maximum absolute atomic E-state index is 13.1. The van der Waals surface area contributed by atoms with Crippen LogP contribution in [-0.4, -0.2) is 96.7 Å². The van der Waals surface area contributed by atoms with E-state index in [1.54, 1.807) is 0 Å². The second-order valence-corrected chi connectivity index (χ2v) is 32.8. The van der Waals surface area contributed by atoms with Gasteiger partial charge in [0, 0.05) is 25.7 Å². The molecule has 98 heavy (non-hydrogen) atoms. The first-order valence-corrected chi connectivity index (χ1v) is 43.8. The van der Waals surface area contributed by atoms with Crippen LogP contribution in [0.3, 0.4) is 0 Å². The normalized spacial score (nSPS) is 14.0. The van der Waals surface area contributed by atoms with Gasteiger partial charge in [-0.1, -0.05) is 357 Å². The zero-order valence-corrected chi connectivity index (χ0v) is 66.0. The van der Waals surface area contributed by atoms with E-state index >= 15 is 0 Å². The minimum Gasteiger partial charge on any atom is -0.462 e. The van der Waals surface area contributed by atoms with Crippen molar-refractivity contribution < 1.29 is 80.2 Å². The third-order valence-corrected chi connectivity index (χ3v) is 20.3. The second kappa shape index (κ2) is 69.4. The van der Waals surface area contributed by atoms with E-state index in [2.05, 4.69) is 48.5 Å². The molecule has 0 fully saturated rings. The van der Waals surface area contributed by atoms with E-state index in [9.17, 15) is 43.2 Å². The maximum Gasteiger partial charge on any atom is 0.472 e. The van der Waals surface area contributed by atoms with Gasteiger partial charge in [-0.25, -0.2) is 9.13 Å². The van der Waals surface area contributed by atoms with Crippen molar-refractivity contribution in [3.05, 3.63) is 0 Å². The molecule has 19 heteroatoms. The molecule has 582 valence electrons. The molecule has 0 rings (SSSR count). The molecule has 0 aromatic rings. The number of hydrogen-bond donors (Lipinski definition) is 3. The lowest BCUT2D eigenvalue weighted by molar-refractivity contribution is -0.161. The highest BCUT2D eigenvalue weighted by Crippen LogP contribution is 2.45. The number of phosphoric ester groups is 2. The van der Waals surface area contributed by atoms with Gasteiger partial charge in [-0.2, -0.15) is 0 Å². The van der Waals surface area contributed by atoms with Crippen molar-refractivity contribution in [3.8, 4) is 0 Å². The van der Waals surface area contributed by atoms with E-state index < -0.39 is 97.5 Å². The van der Waals surface area contributed by atoms with Crippen LogP contribution in [0.5, 0.6) is 0 Å². The number of rotatable bonds is 77. The molecule has 0 saturated heterocycles. The van der Waals surface area contributed by atoms with Crippen LogP contribution < -0.4 is 0 Å². The number of aliphatic hydroxyl groups is 1. The molecular weight excluding hydrogens is 1280 g/mol.